The van der Waals surface area contributed by atoms with Crippen molar-refractivity contribution in [3.8, 4) is 0 Å². The van der Waals surface area contributed by atoms with Gasteiger partial charge in [0.1, 0.15) is 13.2 Å². The van der Waals surface area contributed by atoms with Crippen molar-refractivity contribution in [1.82, 2.24) is 0 Å². The molecule has 0 saturated heterocycles. The molecule has 0 aliphatic heterocycles. The van der Waals surface area contributed by atoms with Crippen molar-refractivity contribution in [3.63, 3.8) is 0 Å². The van der Waals surface area contributed by atoms with Crippen LogP contribution in [0.15, 0.2) is 49.1 Å². The molecule has 0 saturated carbocycles. The quantitative estimate of drug-likeness (QED) is 0.330. The van der Waals surface area contributed by atoms with Crippen LogP contribution < -0.4 is 33.9 Å². The minimum Gasteiger partial charge on any atom is -1.00 e. The maximum absolute atomic E-state index is 5.52. The van der Waals surface area contributed by atoms with Gasteiger partial charge in [0.25, 0.3) is 0 Å². The molecular weight excluding hydrogens is 343 g/mol. The third-order valence-electron chi connectivity index (χ3n) is 3.83. The normalized spacial score (nSPS) is 9.92. The molecule has 0 N–H and O–H groups in total. The van der Waals surface area contributed by atoms with Crippen molar-refractivity contribution in [2.75, 3.05) is 13.2 Å². The first-order valence-electron chi connectivity index (χ1n) is 8.35. The molecule has 2 heterocycles. The Labute approximate surface area is 158 Å². The van der Waals surface area contributed by atoms with E-state index in [1.54, 1.807) is 0 Å². The van der Waals surface area contributed by atoms with Gasteiger partial charge in [0.2, 0.25) is 0 Å². The maximum atomic E-state index is 5.52. The van der Waals surface area contributed by atoms with Crippen molar-refractivity contribution in [2.45, 2.75) is 46.2 Å². The van der Waals surface area contributed by atoms with E-state index in [0.29, 0.717) is 0 Å². The number of aromatic nitrogens is 2. The average molecular weight is 371 g/mol. The summed E-state index contributed by atoms with van der Waals surface area (Å²) in [6.45, 7) is 7.90. The molecule has 0 amide bonds. The summed E-state index contributed by atoms with van der Waals surface area (Å²) in [6.07, 6.45) is 11.9. The monoisotopic (exact) mass is 370 g/mol. The van der Waals surface area contributed by atoms with Crippen molar-refractivity contribution >= 4 is 0 Å². The first-order chi connectivity index (χ1) is 10.8. The summed E-state index contributed by atoms with van der Waals surface area (Å²) in [5.41, 5.74) is 2.78. The average Bonchev–Trinajstić information content (AvgIpc) is 2.58. The molecule has 0 aliphatic rings. The summed E-state index contributed by atoms with van der Waals surface area (Å²) in [6, 6.07) is 8.87. The first kappa shape index (κ1) is 22.8. The minimum absolute atomic E-state index is 0. The van der Waals surface area contributed by atoms with Gasteiger partial charge in [-0.1, -0.05) is 6.92 Å². The van der Waals surface area contributed by atoms with Crippen LogP contribution in [0.25, 0.3) is 0 Å². The number of ether oxygens (including phenoxy) is 1. The zero-order chi connectivity index (χ0) is 15.6. The molecule has 2 rings (SSSR count). The van der Waals surface area contributed by atoms with Crippen molar-refractivity contribution in [1.29, 1.82) is 0 Å². The van der Waals surface area contributed by atoms with E-state index in [1.807, 2.05) is 0 Å². The van der Waals surface area contributed by atoms with Crippen LogP contribution in [-0.2, 0) is 30.7 Å². The molecule has 2 aromatic rings. The summed E-state index contributed by atoms with van der Waals surface area (Å²) < 4.78 is 9.89. The highest BCUT2D eigenvalue weighted by molar-refractivity contribution is 5.13. The fourth-order valence-electron chi connectivity index (χ4n) is 2.37. The van der Waals surface area contributed by atoms with E-state index < -0.39 is 0 Å². The van der Waals surface area contributed by atoms with Crippen molar-refractivity contribution in [3.05, 3.63) is 60.2 Å². The van der Waals surface area contributed by atoms with Crippen LogP contribution in [-0.4, -0.2) is 13.2 Å². The Morgan fingerprint density at radius 1 is 0.750 bits per heavy atom. The lowest BCUT2D eigenvalue weighted by Gasteiger charge is -2.02. The summed E-state index contributed by atoms with van der Waals surface area (Å²) in [7, 11) is 0. The van der Waals surface area contributed by atoms with Gasteiger partial charge >= 0.3 is 0 Å². The Hall–Kier alpha value is -1.16. The summed E-state index contributed by atoms with van der Waals surface area (Å²) >= 11 is 0. The topological polar surface area (TPSA) is 17.0 Å². The van der Waals surface area contributed by atoms with Crippen molar-refractivity contribution in [2.24, 2.45) is 0 Å². The molecule has 5 heteroatoms. The molecule has 3 nitrogen and oxygen atoms in total. The fraction of sp³-hybridized carbons (Fsp3) is 0.474. The highest BCUT2D eigenvalue weighted by Crippen LogP contribution is 2.04. The van der Waals surface area contributed by atoms with Crippen molar-refractivity contribution < 1.29 is 38.7 Å². The molecule has 0 bridgehead atoms. The predicted molar refractivity (Wildman–Crippen MR) is 87.5 cm³/mol. The second kappa shape index (κ2) is 13.2. The second-order valence-electron chi connectivity index (χ2n) is 5.59. The molecule has 24 heavy (non-hydrogen) atoms. The second-order valence-corrected chi connectivity index (χ2v) is 5.59. The van der Waals surface area contributed by atoms with Gasteiger partial charge in [-0.05, 0) is 37.3 Å². The van der Waals surface area contributed by atoms with E-state index in [1.165, 1.54) is 11.1 Å². The van der Waals surface area contributed by atoms with E-state index in [-0.39, 0.29) is 24.8 Å². The molecule has 0 fully saturated rings. The molecule has 0 aromatic carbocycles. The van der Waals surface area contributed by atoms with Crippen LogP contribution in [0.3, 0.4) is 0 Å². The predicted octanol–water partition coefficient (Wildman–Crippen LogP) is -3.50. The Bertz CT molecular complexity index is 544. The van der Waals surface area contributed by atoms with Gasteiger partial charge in [0, 0.05) is 30.9 Å². The van der Waals surface area contributed by atoms with Crippen LogP contribution in [0.4, 0.5) is 0 Å². The molecule has 0 atom stereocenters. The van der Waals surface area contributed by atoms with E-state index >= 15 is 0 Å². The van der Waals surface area contributed by atoms with Gasteiger partial charge in [0.15, 0.2) is 31.3 Å². The largest absolute Gasteiger partial charge is 1.00 e. The van der Waals surface area contributed by atoms with Crippen LogP contribution in [0.1, 0.15) is 31.4 Å². The molecular formula is C19H28Cl2N2O. The smallest absolute Gasteiger partial charge is 0.171 e. The SMILES string of the molecule is CCCOCC[n+]1ccc(CCc2cc[n+](CC)cc2)cc1.[Cl-].[Cl-]. The Morgan fingerprint density at radius 2 is 1.25 bits per heavy atom. The van der Waals surface area contributed by atoms with Crippen LogP contribution in [0, 0.1) is 0 Å². The third-order valence-corrected chi connectivity index (χ3v) is 3.83. The Balaban J connectivity index is 0.00000264. The van der Waals surface area contributed by atoms with E-state index in [2.05, 4.69) is 72.0 Å². The number of aryl methyl sites for hydroxylation is 3. The van der Waals surface area contributed by atoms with Gasteiger partial charge < -0.3 is 29.6 Å². The van der Waals surface area contributed by atoms with Gasteiger partial charge in [-0.15, -0.1) is 0 Å². The minimum atomic E-state index is 0. The fourth-order valence-corrected chi connectivity index (χ4v) is 2.37. The Kier molecular flexibility index (Phi) is 12.5. The van der Waals surface area contributed by atoms with Gasteiger partial charge in [0.05, 0.1) is 0 Å². The number of halogens is 2. The molecule has 0 unspecified atom stereocenters. The zero-order valence-electron chi connectivity index (χ0n) is 14.6. The lowest BCUT2D eigenvalue weighted by molar-refractivity contribution is -0.698. The number of nitrogens with zero attached hydrogens (tertiary/aromatic N) is 2. The highest BCUT2D eigenvalue weighted by Gasteiger charge is 2.03. The standard InChI is InChI=1S/C19H28N2O.2ClH/c1-3-16-22-17-15-21-13-9-19(10-14-21)6-5-18-7-11-20(4-2)12-8-18;;/h7-14H,3-6,15-17H2,1-2H3;2*1H/q+2;;/p-2. The first-order valence-corrected chi connectivity index (χ1v) is 8.35. The van der Waals surface area contributed by atoms with Gasteiger partial charge in [-0.3, -0.25) is 0 Å². The lowest BCUT2D eigenvalue weighted by Crippen LogP contribution is -3.00. The maximum Gasteiger partial charge on any atom is 0.171 e. The number of rotatable bonds is 9. The van der Waals surface area contributed by atoms with Crippen LogP contribution in [0.2, 0.25) is 0 Å². The van der Waals surface area contributed by atoms with E-state index in [9.17, 15) is 0 Å². The van der Waals surface area contributed by atoms with Crippen LogP contribution in [0.5, 0.6) is 0 Å². The third kappa shape index (κ3) is 8.09. The molecule has 2 aromatic heterocycles. The van der Waals surface area contributed by atoms with Crippen LogP contribution >= 0.6 is 0 Å². The number of hydrogen-bond acceptors (Lipinski definition) is 1. The van der Waals surface area contributed by atoms with Gasteiger partial charge in [-0.25, -0.2) is 9.13 Å². The summed E-state index contributed by atoms with van der Waals surface area (Å²) in [5, 5.41) is 0. The van der Waals surface area contributed by atoms with E-state index in [4.69, 9.17) is 4.74 Å². The Morgan fingerprint density at radius 3 is 1.71 bits per heavy atom. The zero-order valence-corrected chi connectivity index (χ0v) is 16.1. The molecule has 0 radical (unpaired) electrons. The number of pyridine rings is 2. The number of hydrogen-bond donors (Lipinski definition) is 0. The molecule has 0 aliphatic carbocycles. The van der Waals surface area contributed by atoms with Gasteiger partial charge in [-0.2, -0.15) is 0 Å². The highest BCUT2D eigenvalue weighted by atomic mass is 35.5. The van der Waals surface area contributed by atoms with E-state index in [0.717, 1.165) is 45.6 Å². The summed E-state index contributed by atoms with van der Waals surface area (Å²) in [4.78, 5) is 0. The lowest BCUT2D eigenvalue weighted by atomic mass is 10.1. The molecule has 0 spiro atoms. The summed E-state index contributed by atoms with van der Waals surface area (Å²) in [5.74, 6) is 0. The molecule has 134 valence electrons.